The van der Waals surface area contributed by atoms with Crippen molar-refractivity contribution in [2.75, 3.05) is 0 Å². The minimum Gasteiger partial charge on any atom is -0.392 e. The van der Waals surface area contributed by atoms with Gasteiger partial charge in [-0.25, -0.2) is 0 Å². The van der Waals surface area contributed by atoms with E-state index in [0.717, 1.165) is 5.56 Å². The average molecular weight is 158 g/mol. The number of hydrogen-bond donors (Lipinski definition) is 1. The first kappa shape index (κ1) is 7.57. The van der Waals surface area contributed by atoms with Gasteiger partial charge in [-0.3, -0.25) is 0 Å². The second-order valence-corrected chi connectivity index (χ2v) is 2.50. The minimum absolute atomic E-state index is 0.0111. The van der Waals surface area contributed by atoms with Gasteiger partial charge in [0.15, 0.2) is 0 Å². The molecule has 0 radical (unpaired) electrons. The van der Waals surface area contributed by atoms with Gasteiger partial charge in [0, 0.05) is 4.90 Å². The maximum Gasteiger partial charge on any atom is 0.0812 e. The Balaban J connectivity index is 2.80. The highest BCUT2D eigenvalue weighted by molar-refractivity contribution is 7.94. The van der Waals surface area contributed by atoms with Gasteiger partial charge in [0.2, 0.25) is 0 Å². The van der Waals surface area contributed by atoms with Gasteiger partial charge in [0.05, 0.1) is 18.8 Å². The molecule has 0 saturated heterocycles. The van der Waals surface area contributed by atoms with Gasteiger partial charge in [-0.15, -0.1) is 0 Å². The molecule has 54 valence electrons. The van der Waals surface area contributed by atoms with Crippen molar-refractivity contribution in [2.24, 2.45) is 0 Å². The summed E-state index contributed by atoms with van der Waals surface area (Å²) in [6.07, 6.45) is 0. The van der Waals surface area contributed by atoms with E-state index in [4.69, 9.17) is 5.11 Å². The van der Waals surface area contributed by atoms with E-state index >= 15 is 0 Å². The highest BCUT2D eigenvalue weighted by Crippen LogP contribution is 2.18. The summed E-state index contributed by atoms with van der Waals surface area (Å²) in [5.74, 6) is 0. The van der Waals surface area contributed by atoms with Crippen molar-refractivity contribution in [3.8, 4) is 0 Å². The molecule has 1 N–H and O–H groups in total. The van der Waals surface area contributed by atoms with Crippen molar-refractivity contribution < 1.29 is 8.99 Å². The van der Waals surface area contributed by atoms with Crippen molar-refractivity contribution in [2.45, 2.75) is 11.5 Å². The second-order valence-electron chi connectivity index (χ2n) is 1.88. The Morgan fingerprint density at radius 2 is 1.90 bits per heavy atom. The Hall–Kier alpha value is -0.540. The summed E-state index contributed by atoms with van der Waals surface area (Å²) in [5, 5.41) is 8.60. The molecule has 0 heterocycles. The first-order valence-electron chi connectivity index (χ1n) is 2.85. The van der Waals surface area contributed by atoms with Gasteiger partial charge < -0.3 is 5.11 Å². The van der Waals surface area contributed by atoms with E-state index in [0.29, 0.717) is 4.90 Å². The quantitative estimate of drug-likeness (QED) is 0.711. The van der Waals surface area contributed by atoms with Gasteiger partial charge >= 0.3 is 0 Å². The van der Waals surface area contributed by atoms with E-state index in [9.17, 15) is 3.89 Å². The van der Waals surface area contributed by atoms with Gasteiger partial charge in [-0.1, -0.05) is 12.1 Å². The molecule has 1 nitrogen and oxygen atoms in total. The van der Waals surface area contributed by atoms with E-state index in [1.54, 1.807) is 24.3 Å². The molecule has 0 aromatic heterocycles. The lowest BCUT2D eigenvalue weighted by Gasteiger charge is -1.94. The van der Waals surface area contributed by atoms with Gasteiger partial charge in [-0.05, 0) is 17.7 Å². The molecule has 0 aliphatic carbocycles. The highest BCUT2D eigenvalue weighted by Gasteiger charge is 1.91. The molecule has 1 aromatic rings. The third-order valence-electron chi connectivity index (χ3n) is 1.20. The van der Waals surface area contributed by atoms with Crippen LogP contribution >= 0.6 is 12.1 Å². The molecule has 0 aliphatic heterocycles. The highest BCUT2D eigenvalue weighted by atomic mass is 32.2. The van der Waals surface area contributed by atoms with E-state index < -0.39 is 0 Å². The lowest BCUT2D eigenvalue weighted by atomic mass is 10.2. The molecule has 1 aromatic carbocycles. The Bertz CT molecular complexity index is 174. The molecule has 0 atom stereocenters. The predicted molar refractivity (Wildman–Crippen MR) is 39.3 cm³/mol. The van der Waals surface area contributed by atoms with Crippen LogP contribution in [0.4, 0.5) is 3.89 Å². The molecule has 0 spiro atoms. The molecule has 1 rings (SSSR count). The fraction of sp³-hybridized carbons (Fsp3) is 0.143. The standard InChI is InChI=1S/C7H7FOS/c8-10-7-3-1-6(5-9)2-4-7/h1-4,9H,5H2. The zero-order chi connectivity index (χ0) is 7.40. The van der Waals surface area contributed by atoms with Crippen LogP contribution in [0.5, 0.6) is 0 Å². The SMILES string of the molecule is OCc1ccc(SF)cc1. The largest absolute Gasteiger partial charge is 0.392 e. The topological polar surface area (TPSA) is 20.2 Å². The number of aliphatic hydroxyl groups excluding tert-OH is 1. The summed E-state index contributed by atoms with van der Waals surface area (Å²) in [7, 11) is 0. The summed E-state index contributed by atoms with van der Waals surface area (Å²) < 4.78 is 11.8. The van der Waals surface area contributed by atoms with Crippen molar-refractivity contribution in [3.63, 3.8) is 0 Å². The van der Waals surface area contributed by atoms with Crippen LogP contribution in [0, 0.1) is 0 Å². The average Bonchev–Trinajstić information content (AvgIpc) is 2.05. The first-order valence-corrected chi connectivity index (χ1v) is 3.57. The van der Waals surface area contributed by atoms with Crippen molar-refractivity contribution in [3.05, 3.63) is 29.8 Å². The monoisotopic (exact) mass is 158 g/mol. The van der Waals surface area contributed by atoms with E-state index in [2.05, 4.69) is 0 Å². The number of rotatable bonds is 2. The molecule has 3 heteroatoms. The van der Waals surface area contributed by atoms with Crippen LogP contribution in [0.1, 0.15) is 5.56 Å². The van der Waals surface area contributed by atoms with Crippen molar-refractivity contribution >= 4 is 12.1 Å². The number of aliphatic hydroxyl groups is 1. The fourth-order valence-electron chi connectivity index (χ4n) is 0.646. The van der Waals surface area contributed by atoms with E-state index in [1.165, 1.54) is 0 Å². The molecule has 0 unspecified atom stereocenters. The zero-order valence-corrected chi connectivity index (χ0v) is 6.07. The van der Waals surface area contributed by atoms with Crippen LogP contribution in [-0.2, 0) is 6.61 Å². The van der Waals surface area contributed by atoms with Crippen LogP contribution in [-0.4, -0.2) is 5.11 Å². The first-order chi connectivity index (χ1) is 4.86. The van der Waals surface area contributed by atoms with Crippen LogP contribution < -0.4 is 0 Å². The third-order valence-corrected chi connectivity index (χ3v) is 1.65. The lowest BCUT2D eigenvalue weighted by molar-refractivity contribution is 0.282. The summed E-state index contributed by atoms with van der Waals surface area (Å²) in [4.78, 5) is 0.567. The Morgan fingerprint density at radius 1 is 1.30 bits per heavy atom. The van der Waals surface area contributed by atoms with Crippen LogP contribution in [0.2, 0.25) is 0 Å². The molecule has 0 aliphatic rings. The fourth-order valence-corrected chi connectivity index (χ4v) is 0.885. The Kier molecular flexibility index (Phi) is 2.71. The van der Waals surface area contributed by atoms with E-state index in [-0.39, 0.29) is 18.8 Å². The summed E-state index contributed by atoms with van der Waals surface area (Å²) in [6.45, 7) is 0.0111. The number of benzene rings is 1. The lowest BCUT2D eigenvalue weighted by Crippen LogP contribution is -1.80. The van der Waals surface area contributed by atoms with Crippen molar-refractivity contribution in [1.82, 2.24) is 0 Å². The normalized spacial score (nSPS) is 9.80. The molecule has 0 amide bonds. The summed E-state index contributed by atoms with van der Waals surface area (Å²) >= 11 is 0.206. The van der Waals surface area contributed by atoms with Crippen molar-refractivity contribution in [1.29, 1.82) is 0 Å². The van der Waals surface area contributed by atoms with Crippen LogP contribution in [0.25, 0.3) is 0 Å². The van der Waals surface area contributed by atoms with Gasteiger partial charge in [0.25, 0.3) is 0 Å². The molecule has 0 fully saturated rings. The Morgan fingerprint density at radius 3 is 2.30 bits per heavy atom. The molecule has 0 bridgehead atoms. The molecule has 0 saturated carbocycles. The van der Waals surface area contributed by atoms with E-state index in [1.807, 2.05) is 0 Å². The maximum atomic E-state index is 11.8. The molecule has 10 heavy (non-hydrogen) atoms. The van der Waals surface area contributed by atoms with Gasteiger partial charge in [0.1, 0.15) is 0 Å². The minimum atomic E-state index is 0.0111. The zero-order valence-electron chi connectivity index (χ0n) is 5.25. The summed E-state index contributed by atoms with van der Waals surface area (Å²) in [5.41, 5.74) is 0.804. The van der Waals surface area contributed by atoms with Crippen LogP contribution in [0.15, 0.2) is 29.2 Å². The van der Waals surface area contributed by atoms with Gasteiger partial charge in [-0.2, -0.15) is 3.89 Å². The Labute approximate surface area is 63.2 Å². The smallest absolute Gasteiger partial charge is 0.0812 e. The molecular weight excluding hydrogens is 151 g/mol. The summed E-state index contributed by atoms with van der Waals surface area (Å²) in [6, 6.07) is 6.66. The number of hydrogen-bond acceptors (Lipinski definition) is 2. The third kappa shape index (κ3) is 1.72. The maximum absolute atomic E-state index is 11.8. The molecular formula is C7H7FOS. The predicted octanol–water partition coefficient (Wildman–Crippen LogP) is 2.16. The van der Waals surface area contributed by atoms with Crippen LogP contribution in [0.3, 0.4) is 0 Å². The number of halogens is 1. The second kappa shape index (κ2) is 3.58.